The van der Waals surface area contributed by atoms with Crippen molar-refractivity contribution in [2.45, 2.75) is 27.7 Å². The molecule has 0 aliphatic heterocycles. The highest BCUT2D eigenvalue weighted by Crippen LogP contribution is 2.07. The first-order valence-electron chi connectivity index (χ1n) is 4.53. The number of hydrogen-bond acceptors (Lipinski definition) is 0. The molecule has 0 radical (unpaired) electrons. The number of rotatable bonds is 1. The van der Waals surface area contributed by atoms with E-state index < -0.39 is 0 Å². The molecule has 0 aromatic heterocycles. The summed E-state index contributed by atoms with van der Waals surface area (Å²) in [7, 11) is 0. The smallest absolute Gasteiger partial charge is 0.0231 e. The fraction of sp³-hybridized carbons (Fsp3) is 0.333. The summed E-state index contributed by atoms with van der Waals surface area (Å²) in [5.41, 5.74) is 2.64. The van der Waals surface area contributed by atoms with E-state index in [9.17, 15) is 0 Å². The van der Waals surface area contributed by atoms with Crippen LogP contribution in [0.2, 0.25) is 0 Å². The third-order valence-corrected chi connectivity index (χ3v) is 1.53. The number of benzene rings is 1. The molecular weight excluding hydrogens is 144 g/mol. The molecule has 0 bridgehead atoms. The maximum Gasteiger partial charge on any atom is -0.0231 e. The van der Waals surface area contributed by atoms with Gasteiger partial charge in [0.15, 0.2) is 0 Å². The lowest BCUT2D eigenvalue weighted by atomic mass is 10.1. The van der Waals surface area contributed by atoms with Crippen molar-refractivity contribution in [2.75, 3.05) is 0 Å². The molecule has 0 fully saturated rings. The molecule has 0 saturated heterocycles. The van der Waals surface area contributed by atoms with Crippen molar-refractivity contribution in [1.82, 2.24) is 0 Å². The minimum absolute atomic E-state index is 1.31. The van der Waals surface area contributed by atoms with Crippen molar-refractivity contribution >= 4 is 6.08 Å². The third kappa shape index (κ3) is 3.38. The lowest BCUT2D eigenvalue weighted by Gasteiger charge is -1.96. The van der Waals surface area contributed by atoms with E-state index in [2.05, 4.69) is 43.3 Å². The summed E-state index contributed by atoms with van der Waals surface area (Å²) in [5, 5.41) is 0. The predicted molar refractivity (Wildman–Crippen MR) is 57.2 cm³/mol. The Kier molecular flexibility index (Phi) is 6.08. The molecule has 12 heavy (non-hydrogen) atoms. The zero-order chi connectivity index (χ0) is 9.40. The minimum atomic E-state index is 1.31. The maximum atomic E-state index is 2.12. The van der Waals surface area contributed by atoms with Crippen LogP contribution in [0.1, 0.15) is 31.9 Å². The maximum absolute atomic E-state index is 2.12. The molecule has 0 nitrogen and oxygen atoms in total. The Morgan fingerprint density at radius 1 is 1.08 bits per heavy atom. The van der Waals surface area contributed by atoms with Crippen molar-refractivity contribution < 1.29 is 0 Å². The first-order chi connectivity index (χ1) is 5.84. The second-order valence-corrected chi connectivity index (χ2v) is 2.36. The van der Waals surface area contributed by atoms with Crippen molar-refractivity contribution in [3.63, 3.8) is 0 Å². The van der Waals surface area contributed by atoms with E-state index in [0.29, 0.717) is 0 Å². The zero-order valence-electron chi connectivity index (χ0n) is 8.46. The first kappa shape index (κ1) is 11.0. The predicted octanol–water partition coefficient (Wildman–Crippen LogP) is 4.05. The second-order valence-electron chi connectivity index (χ2n) is 2.36. The second kappa shape index (κ2) is 6.66. The minimum Gasteiger partial charge on any atom is -0.0871 e. The Labute approximate surface area is 75.9 Å². The van der Waals surface area contributed by atoms with Gasteiger partial charge in [-0.25, -0.2) is 0 Å². The Morgan fingerprint density at radius 2 is 1.67 bits per heavy atom. The highest BCUT2D eigenvalue weighted by molar-refractivity contribution is 5.52. The van der Waals surface area contributed by atoms with Crippen LogP contribution in [0, 0.1) is 6.92 Å². The third-order valence-electron chi connectivity index (χ3n) is 1.53. The molecular formula is C12H18. The Hall–Kier alpha value is -1.04. The number of hydrogen-bond donors (Lipinski definition) is 0. The highest BCUT2D eigenvalue weighted by atomic mass is 13.9. The van der Waals surface area contributed by atoms with E-state index in [-0.39, 0.29) is 0 Å². The van der Waals surface area contributed by atoms with Crippen molar-refractivity contribution in [3.05, 3.63) is 41.5 Å². The molecule has 0 N–H and O–H groups in total. The van der Waals surface area contributed by atoms with Gasteiger partial charge in [0.2, 0.25) is 0 Å². The Morgan fingerprint density at radius 3 is 2.17 bits per heavy atom. The normalized spacial score (nSPS) is 9.33. The van der Waals surface area contributed by atoms with Gasteiger partial charge < -0.3 is 0 Å². The van der Waals surface area contributed by atoms with Crippen molar-refractivity contribution in [2.24, 2.45) is 0 Å². The summed E-state index contributed by atoms with van der Waals surface area (Å²) < 4.78 is 0. The van der Waals surface area contributed by atoms with E-state index in [1.807, 2.05) is 20.8 Å². The van der Waals surface area contributed by atoms with Crippen LogP contribution >= 0.6 is 0 Å². The van der Waals surface area contributed by atoms with Crippen molar-refractivity contribution in [1.29, 1.82) is 0 Å². The van der Waals surface area contributed by atoms with Gasteiger partial charge in [-0.15, -0.1) is 0 Å². The number of allylic oxidation sites excluding steroid dienone is 1. The van der Waals surface area contributed by atoms with Gasteiger partial charge in [0.25, 0.3) is 0 Å². The summed E-state index contributed by atoms with van der Waals surface area (Å²) in [6.07, 6.45) is 4.18. The van der Waals surface area contributed by atoms with E-state index in [0.717, 1.165) is 0 Å². The molecule has 1 rings (SSSR count). The molecule has 0 spiro atoms. The lowest BCUT2D eigenvalue weighted by Crippen LogP contribution is -1.76. The van der Waals surface area contributed by atoms with E-state index >= 15 is 0 Å². The van der Waals surface area contributed by atoms with Gasteiger partial charge >= 0.3 is 0 Å². The molecule has 0 atom stereocenters. The number of aryl methyl sites for hydroxylation is 1. The van der Waals surface area contributed by atoms with Gasteiger partial charge in [-0.1, -0.05) is 50.3 Å². The molecule has 0 unspecified atom stereocenters. The SMILES string of the molecule is C/C=C/c1ccccc1C.CC. The van der Waals surface area contributed by atoms with Crippen LogP contribution in [0.15, 0.2) is 30.3 Å². The molecule has 1 aromatic rings. The largest absolute Gasteiger partial charge is 0.0871 e. The van der Waals surface area contributed by atoms with Crippen LogP contribution < -0.4 is 0 Å². The van der Waals surface area contributed by atoms with Crippen LogP contribution in [-0.4, -0.2) is 0 Å². The fourth-order valence-electron chi connectivity index (χ4n) is 0.953. The van der Waals surface area contributed by atoms with Gasteiger partial charge in [0.05, 0.1) is 0 Å². The molecule has 0 heteroatoms. The molecule has 0 heterocycles. The van der Waals surface area contributed by atoms with Crippen LogP contribution in [-0.2, 0) is 0 Å². The molecule has 66 valence electrons. The van der Waals surface area contributed by atoms with Gasteiger partial charge in [0.1, 0.15) is 0 Å². The van der Waals surface area contributed by atoms with Gasteiger partial charge in [0, 0.05) is 0 Å². The monoisotopic (exact) mass is 162 g/mol. The Balaban J connectivity index is 0.000000561. The summed E-state index contributed by atoms with van der Waals surface area (Å²) in [5.74, 6) is 0. The average molecular weight is 162 g/mol. The zero-order valence-corrected chi connectivity index (χ0v) is 8.46. The van der Waals surface area contributed by atoms with Gasteiger partial charge in [-0.2, -0.15) is 0 Å². The topological polar surface area (TPSA) is 0 Å². The van der Waals surface area contributed by atoms with E-state index in [1.54, 1.807) is 0 Å². The summed E-state index contributed by atoms with van der Waals surface area (Å²) in [4.78, 5) is 0. The summed E-state index contributed by atoms with van der Waals surface area (Å²) in [6, 6.07) is 8.36. The molecule has 0 aliphatic carbocycles. The Bertz CT molecular complexity index is 234. The standard InChI is InChI=1S/C10H12.C2H6/c1-3-6-10-8-5-4-7-9(10)2;1-2/h3-8H,1-2H3;1-2H3/b6-3+;. The highest BCUT2D eigenvalue weighted by Gasteiger charge is 1.87. The van der Waals surface area contributed by atoms with Gasteiger partial charge in [-0.3, -0.25) is 0 Å². The molecule has 0 saturated carbocycles. The molecule has 1 aromatic carbocycles. The summed E-state index contributed by atoms with van der Waals surface area (Å²) in [6.45, 7) is 8.15. The lowest BCUT2D eigenvalue weighted by molar-refractivity contribution is 1.44. The van der Waals surface area contributed by atoms with Crippen LogP contribution in [0.25, 0.3) is 6.08 Å². The van der Waals surface area contributed by atoms with Crippen LogP contribution in [0.5, 0.6) is 0 Å². The van der Waals surface area contributed by atoms with Crippen LogP contribution in [0.4, 0.5) is 0 Å². The van der Waals surface area contributed by atoms with E-state index in [1.165, 1.54) is 11.1 Å². The first-order valence-corrected chi connectivity index (χ1v) is 4.53. The average Bonchev–Trinajstić information content (AvgIpc) is 2.13. The fourth-order valence-corrected chi connectivity index (χ4v) is 0.953. The van der Waals surface area contributed by atoms with Crippen LogP contribution in [0.3, 0.4) is 0 Å². The quantitative estimate of drug-likeness (QED) is 0.584. The molecule has 0 amide bonds. The van der Waals surface area contributed by atoms with E-state index in [4.69, 9.17) is 0 Å². The molecule has 0 aliphatic rings. The van der Waals surface area contributed by atoms with Crippen molar-refractivity contribution in [3.8, 4) is 0 Å². The van der Waals surface area contributed by atoms with Gasteiger partial charge in [-0.05, 0) is 25.0 Å². The summed E-state index contributed by atoms with van der Waals surface area (Å²) >= 11 is 0.